The number of methoxy groups -OCH3 is 1. The van der Waals surface area contributed by atoms with Crippen LogP contribution in [0, 0.1) is 5.92 Å². The van der Waals surface area contributed by atoms with E-state index in [1.54, 1.807) is 7.11 Å². The normalized spacial score (nSPS) is 21.3. The lowest BCUT2D eigenvalue weighted by Crippen LogP contribution is -2.45. The number of nitrogens with one attached hydrogen (secondary N) is 2. The van der Waals surface area contributed by atoms with E-state index in [1.807, 2.05) is 0 Å². The van der Waals surface area contributed by atoms with Crippen LogP contribution in [0.1, 0.15) is 25.7 Å². The molecule has 0 bridgehead atoms. The Balaban J connectivity index is 2.23. The molecule has 1 rings (SSSR count). The van der Waals surface area contributed by atoms with Crippen molar-refractivity contribution in [2.45, 2.75) is 31.2 Å². The van der Waals surface area contributed by atoms with Gasteiger partial charge in [0.15, 0.2) is 0 Å². The molecule has 0 aromatic rings. The monoisotopic (exact) mass is 364 g/mol. The number of halogens is 1. The summed E-state index contributed by atoms with van der Waals surface area (Å²) in [6.45, 7) is -0.166. The number of alkyl halides is 1. The molecule has 0 spiro atoms. The molecular weight excluding hydrogens is 339 g/mol. The lowest BCUT2D eigenvalue weighted by Gasteiger charge is -2.14. The number of carboxylic acids is 1. The van der Waals surface area contributed by atoms with Crippen molar-refractivity contribution in [3.63, 3.8) is 0 Å². The first-order chi connectivity index (χ1) is 12.0. The number of carbonyl (C=O) groups is 3. The van der Waals surface area contributed by atoms with Crippen LogP contribution in [0.5, 0.6) is 0 Å². The van der Waals surface area contributed by atoms with Crippen LogP contribution < -0.4 is 10.6 Å². The van der Waals surface area contributed by atoms with Gasteiger partial charge in [-0.05, 0) is 31.6 Å². The molecule has 0 saturated heterocycles. The smallest absolute Gasteiger partial charge is 0.408 e. The number of hydrogen-bond acceptors (Lipinski definition) is 6. The van der Waals surface area contributed by atoms with E-state index in [1.165, 1.54) is 0 Å². The zero-order chi connectivity index (χ0) is 18.7. The fourth-order valence-corrected chi connectivity index (χ4v) is 2.41. The van der Waals surface area contributed by atoms with Crippen molar-refractivity contribution in [3.8, 4) is 0 Å². The summed E-state index contributed by atoms with van der Waals surface area (Å²) >= 11 is 0. The number of carbonyl (C=O) groups excluding carboxylic acids is 2. The standard InChI is InChI=1S/C15H25FN2O7/c1-23-7-2-3-8-24-13(21)17-6-4-11-10-15(11,12(19)20)18-14(22)25-9-5-16/h11H,2-10H2,1H3,(H,17,21)(H,18,22)(H,19,20). The van der Waals surface area contributed by atoms with E-state index in [4.69, 9.17) is 9.47 Å². The Labute approximate surface area is 145 Å². The zero-order valence-corrected chi connectivity index (χ0v) is 14.2. The topological polar surface area (TPSA) is 123 Å². The van der Waals surface area contributed by atoms with E-state index >= 15 is 0 Å². The molecule has 0 aromatic heterocycles. The van der Waals surface area contributed by atoms with Crippen molar-refractivity contribution in [2.75, 3.05) is 40.1 Å². The third-order valence-electron chi connectivity index (χ3n) is 3.86. The molecule has 2 atom stereocenters. The lowest BCUT2D eigenvalue weighted by atomic mass is 10.1. The molecule has 0 aromatic carbocycles. The molecule has 2 unspecified atom stereocenters. The molecule has 3 N–H and O–H groups in total. The van der Waals surface area contributed by atoms with E-state index in [-0.39, 0.29) is 25.5 Å². The molecule has 25 heavy (non-hydrogen) atoms. The first-order valence-corrected chi connectivity index (χ1v) is 8.10. The Morgan fingerprint density at radius 2 is 1.84 bits per heavy atom. The summed E-state index contributed by atoms with van der Waals surface area (Å²) in [7, 11) is 1.60. The average molecular weight is 364 g/mol. The van der Waals surface area contributed by atoms with Crippen LogP contribution >= 0.6 is 0 Å². The molecule has 144 valence electrons. The number of alkyl carbamates (subject to hydrolysis) is 2. The third-order valence-corrected chi connectivity index (χ3v) is 3.86. The SMILES string of the molecule is COCCCCOC(=O)NCCC1CC1(NC(=O)OCCF)C(=O)O. The van der Waals surface area contributed by atoms with E-state index in [0.717, 1.165) is 6.42 Å². The maximum Gasteiger partial charge on any atom is 0.408 e. The highest BCUT2D eigenvalue weighted by Gasteiger charge is 2.61. The van der Waals surface area contributed by atoms with Gasteiger partial charge in [-0.25, -0.2) is 18.8 Å². The van der Waals surface area contributed by atoms with Gasteiger partial charge in [0.1, 0.15) is 18.8 Å². The van der Waals surface area contributed by atoms with Crippen molar-refractivity contribution in [1.82, 2.24) is 10.6 Å². The number of hydrogen-bond donors (Lipinski definition) is 3. The predicted molar refractivity (Wildman–Crippen MR) is 84.0 cm³/mol. The van der Waals surface area contributed by atoms with Crippen LogP contribution in [0.4, 0.5) is 14.0 Å². The van der Waals surface area contributed by atoms with E-state index in [9.17, 15) is 23.9 Å². The summed E-state index contributed by atoms with van der Waals surface area (Å²) in [6, 6.07) is 0. The van der Waals surface area contributed by atoms with Crippen molar-refractivity contribution < 1.29 is 38.1 Å². The highest BCUT2D eigenvalue weighted by molar-refractivity contribution is 5.88. The van der Waals surface area contributed by atoms with Gasteiger partial charge in [0.05, 0.1) is 6.61 Å². The van der Waals surface area contributed by atoms with Crippen LogP contribution in [-0.2, 0) is 19.0 Å². The Morgan fingerprint density at radius 3 is 2.48 bits per heavy atom. The molecule has 9 nitrogen and oxygen atoms in total. The molecule has 1 fully saturated rings. The molecule has 0 radical (unpaired) electrons. The Kier molecular flexibility index (Phi) is 8.96. The summed E-state index contributed by atoms with van der Waals surface area (Å²) in [6.07, 6.45) is 0.517. The van der Waals surface area contributed by atoms with Crippen LogP contribution in [0.3, 0.4) is 0 Å². The maximum absolute atomic E-state index is 11.9. The van der Waals surface area contributed by atoms with Crippen molar-refractivity contribution >= 4 is 18.2 Å². The Bertz CT molecular complexity index is 463. The Hall–Kier alpha value is -2.10. The third kappa shape index (κ3) is 7.12. The van der Waals surface area contributed by atoms with Gasteiger partial charge in [-0.15, -0.1) is 0 Å². The van der Waals surface area contributed by atoms with Crippen LogP contribution in [0.25, 0.3) is 0 Å². The van der Waals surface area contributed by atoms with Gasteiger partial charge in [-0.1, -0.05) is 0 Å². The Morgan fingerprint density at radius 1 is 1.16 bits per heavy atom. The molecule has 10 heteroatoms. The fraction of sp³-hybridized carbons (Fsp3) is 0.800. The van der Waals surface area contributed by atoms with Gasteiger partial charge in [-0.2, -0.15) is 0 Å². The van der Waals surface area contributed by atoms with E-state index in [2.05, 4.69) is 15.4 Å². The quantitative estimate of drug-likeness (QED) is 0.443. The molecule has 1 aliphatic carbocycles. The molecule has 2 amide bonds. The van der Waals surface area contributed by atoms with Gasteiger partial charge < -0.3 is 30.0 Å². The second-order valence-corrected chi connectivity index (χ2v) is 5.68. The van der Waals surface area contributed by atoms with Gasteiger partial charge in [-0.3, -0.25) is 0 Å². The number of unbranched alkanes of at least 4 members (excludes halogenated alkanes) is 1. The number of aliphatic carboxylic acids is 1. The van der Waals surface area contributed by atoms with Gasteiger partial charge in [0.25, 0.3) is 0 Å². The minimum Gasteiger partial charge on any atom is -0.479 e. The fourth-order valence-electron chi connectivity index (χ4n) is 2.41. The second kappa shape index (κ2) is 10.7. The summed E-state index contributed by atoms with van der Waals surface area (Å²) in [5.41, 5.74) is -1.42. The number of rotatable bonds is 12. The molecular formula is C15H25FN2O7. The van der Waals surface area contributed by atoms with Crippen LogP contribution in [0.15, 0.2) is 0 Å². The largest absolute Gasteiger partial charge is 0.479 e. The highest BCUT2D eigenvalue weighted by atomic mass is 19.1. The first kappa shape index (κ1) is 20.9. The zero-order valence-electron chi connectivity index (χ0n) is 14.2. The van der Waals surface area contributed by atoms with Gasteiger partial charge in [0.2, 0.25) is 0 Å². The van der Waals surface area contributed by atoms with E-state index in [0.29, 0.717) is 19.4 Å². The number of ether oxygens (including phenoxy) is 3. The number of amides is 2. The molecule has 0 heterocycles. The van der Waals surface area contributed by atoms with Crippen LogP contribution in [0.2, 0.25) is 0 Å². The summed E-state index contributed by atoms with van der Waals surface area (Å²) in [4.78, 5) is 34.2. The van der Waals surface area contributed by atoms with Crippen LogP contribution in [-0.4, -0.2) is 69.0 Å². The average Bonchev–Trinajstić information content (AvgIpc) is 3.26. The minimum absolute atomic E-state index is 0.220. The lowest BCUT2D eigenvalue weighted by molar-refractivity contribution is -0.141. The highest BCUT2D eigenvalue weighted by Crippen LogP contribution is 2.46. The van der Waals surface area contributed by atoms with Gasteiger partial charge in [0, 0.05) is 20.3 Å². The van der Waals surface area contributed by atoms with Gasteiger partial charge >= 0.3 is 18.2 Å². The number of carboxylic acid groups (broad SMARTS) is 1. The summed E-state index contributed by atoms with van der Waals surface area (Å²) in [5.74, 6) is -1.53. The predicted octanol–water partition coefficient (Wildman–Crippen LogP) is 1.07. The maximum atomic E-state index is 11.9. The summed E-state index contributed by atoms with van der Waals surface area (Å²) in [5, 5.41) is 14.1. The molecule has 1 aliphatic rings. The second-order valence-electron chi connectivity index (χ2n) is 5.68. The first-order valence-electron chi connectivity index (χ1n) is 8.10. The van der Waals surface area contributed by atoms with Crippen molar-refractivity contribution in [3.05, 3.63) is 0 Å². The minimum atomic E-state index is -1.42. The van der Waals surface area contributed by atoms with Crippen molar-refractivity contribution in [1.29, 1.82) is 0 Å². The summed E-state index contributed by atoms with van der Waals surface area (Å²) < 4.78 is 26.3. The molecule has 1 saturated carbocycles. The molecule has 0 aliphatic heterocycles. The van der Waals surface area contributed by atoms with Crippen molar-refractivity contribution in [2.24, 2.45) is 5.92 Å². The van der Waals surface area contributed by atoms with E-state index < -0.39 is 37.0 Å².